The predicted octanol–water partition coefficient (Wildman–Crippen LogP) is 2.24. The molecule has 1 unspecified atom stereocenters. The van der Waals surface area contributed by atoms with Crippen LogP contribution in [0.3, 0.4) is 0 Å². The quantitative estimate of drug-likeness (QED) is 0.437. The summed E-state index contributed by atoms with van der Waals surface area (Å²) in [4.78, 5) is 36.5. The number of hydrogen-bond donors (Lipinski definition) is 1. The van der Waals surface area contributed by atoms with Crippen molar-refractivity contribution in [3.63, 3.8) is 0 Å². The molecule has 1 saturated heterocycles. The van der Waals surface area contributed by atoms with Crippen LogP contribution in [-0.2, 0) is 29.1 Å². The summed E-state index contributed by atoms with van der Waals surface area (Å²) in [5.41, 5.74) is 0.873. The van der Waals surface area contributed by atoms with Gasteiger partial charge in [0.1, 0.15) is 0 Å². The first-order valence-electron chi connectivity index (χ1n) is 10.5. The van der Waals surface area contributed by atoms with Gasteiger partial charge in [0, 0.05) is 30.8 Å². The van der Waals surface area contributed by atoms with E-state index in [0.29, 0.717) is 37.6 Å². The molecule has 9 nitrogen and oxygen atoms in total. The molecule has 0 radical (unpaired) electrons. The number of esters is 1. The lowest BCUT2D eigenvalue weighted by Gasteiger charge is -2.26. The molecule has 176 valence electrons. The number of morpholine rings is 1. The van der Waals surface area contributed by atoms with E-state index in [-0.39, 0.29) is 23.5 Å². The summed E-state index contributed by atoms with van der Waals surface area (Å²) in [5.74, 6) is -1.41. The van der Waals surface area contributed by atoms with Crippen molar-refractivity contribution in [3.8, 4) is 0 Å². The molecule has 0 aromatic heterocycles. The van der Waals surface area contributed by atoms with Crippen LogP contribution in [0.25, 0.3) is 0 Å². The number of hydrogen-bond acceptors (Lipinski definition) is 7. The summed E-state index contributed by atoms with van der Waals surface area (Å²) in [6.45, 7) is 2.71. The van der Waals surface area contributed by atoms with Crippen LogP contribution in [0.4, 0.5) is 5.69 Å². The molecule has 0 bridgehead atoms. The van der Waals surface area contributed by atoms with Gasteiger partial charge in [-0.25, -0.2) is 8.42 Å². The Morgan fingerprint density at radius 1 is 1.00 bits per heavy atom. The third-order valence-electron chi connectivity index (χ3n) is 5.06. The lowest BCUT2D eigenvalue weighted by atomic mass is 10.1. The Labute approximate surface area is 192 Å². The summed E-state index contributed by atoms with van der Waals surface area (Å²) >= 11 is 0. The van der Waals surface area contributed by atoms with Gasteiger partial charge in [-0.1, -0.05) is 30.3 Å². The molecule has 3 rings (SSSR count). The SMILES string of the molecule is CC(OC(=O)CCC(=O)c1ccccc1)C(=O)Nc1ccc(S(=O)(=O)N2CCOCC2)cc1. The van der Waals surface area contributed by atoms with E-state index < -0.39 is 28.0 Å². The van der Waals surface area contributed by atoms with E-state index >= 15 is 0 Å². The Kier molecular flexibility index (Phi) is 8.32. The second kappa shape index (κ2) is 11.2. The van der Waals surface area contributed by atoms with Gasteiger partial charge >= 0.3 is 5.97 Å². The van der Waals surface area contributed by atoms with Gasteiger partial charge in [0.15, 0.2) is 11.9 Å². The molecule has 1 heterocycles. The highest BCUT2D eigenvalue weighted by Crippen LogP contribution is 2.19. The molecule has 33 heavy (non-hydrogen) atoms. The zero-order valence-corrected chi connectivity index (χ0v) is 19.0. The van der Waals surface area contributed by atoms with E-state index in [1.165, 1.54) is 35.5 Å². The number of benzene rings is 2. The Hall–Kier alpha value is -3.08. The number of carbonyl (C=O) groups excluding carboxylic acids is 3. The number of ether oxygens (including phenoxy) is 2. The second-order valence-electron chi connectivity index (χ2n) is 7.45. The Bertz CT molecular complexity index is 1080. The van der Waals surface area contributed by atoms with Crippen molar-refractivity contribution < 1.29 is 32.3 Å². The van der Waals surface area contributed by atoms with Crippen molar-refractivity contribution in [1.82, 2.24) is 4.31 Å². The first-order chi connectivity index (χ1) is 15.8. The van der Waals surface area contributed by atoms with Gasteiger partial charge in [-0.2, -0.15) is 4.31 Å². The van der Waals surface area contributed by atoms with E-state index in [2.05, 4.69) is 5.32 Å². The number of Topliss-reactive ketones (excluding diaryl/α,β-unsaturated/α-hetero) is 1. The number of anilines is 1. The van der Waals surface area contributed by atoms with Gasteiger partial charge in [-0.15, -0.1) is 0 Å². The van der Waals surface area contributed by atoms with Crippen molar-refractivity contribution in [1.29, 1.82) is 0 Å². The molecule has 1 amide bonds. The number of amides is 1. The van der Waals surface area contributed by atoms with Crippen LogP contribution in [0.1, 0.15) is 30.1 Å². The maximum absolute atomic E-state index is 12.7. The number of nitrogens with one attached hydrogen (secondary N) is 1. The molecule has 2 aromatic carbocycles. The number of sulfonamides is 1. The van der Waals surface area contributed by atoms with Crippen LogP contribution in [0.5, 0.6) is 0 Å². The third-order valence-corrected chi connectivity index (χ3v) is 6.97. The van der Waals surface area contributed by atoms with Gasteiger partial charge in [0.25, 0.3) is 5.91 Å². The van der Waals surface area contributed by atoms with Gasteiger partial charge < -0.3 is 14.8 Å². The Morgan fingerprint density at radius 3 is 2.27 bits per heavy atom. The molecule has 0 spiro atoms. The van der Waals surface area contributed by atoms with Crippen molar-refractivity contribution in [2.45, 2.75) is 30.8 Å². The molecule has 2 aromatic rings. The van der Waals surface area contributed by atoms with Crippen molar-refractivity contribution >= 4 is 33.4 Å². The fourth-order valence-electron chi connectivity index (χ4n) is 3.18. The fourth-order valence-corrected chi connectivity index (χ4v) is 4.59. The van der Waals surface area contributed by atoms with Gasteiger partial charge in [-0.3, -0.25) is 14.4 Å². The van der Waals surface area contributed by atoms with Gasteiger partial charge in [-0.05, 0) is 31.2 Å². The molecule has 1 atom stereocenters. The molecule has 0 aliphatic carbocycles. The average molecular weight is 475 g/mol. The highest BCUT2D eigenvalue weighted by atomic mass is 32.2. The van der Waals surface area contributed by atoms with Crippen LogP contribution in [0.15, 0.2) is 59.5 Å². The number of carbonyl (C=O) groups is 3. The topological polar surface area (TPSA) is 119 Å². The summed E-state index contributed by atoms with van der Waals surface area (Å²) in [7, 11) is -3.63. The third kappa shape index (κ3) is 6.70. The maximum atomic E-state index is 12.7. The van der Waals surface area contributed by atoms with E-state index in [4.69, 9.17) is 9.47 Å². The summed E-state index contributed by atoms with van der Waals surface area (Å²) in [6, 6.07) is 14.4. The largest absolute Gasteiger partial charge is 0.453 e. The maximum Gasteiger partial charge on any atom is 0.307 e. The lowest BCUT2D eigenvalue weighted by Crippen LogP contribution is -2.40. The first kappa shape index (κ1) is 24.6. The Morgan fingerprint density at radius 2 is 1.64 bits per heavy atom. The average Bonchev–Trinajstić information content (AvgIpc) is 2.84. The monoisotopic (exact) mass is 474 g/mol. The van der Waals surface area contributed by atoms with Crippen molar-refractivity contribution in [3.05, 3.63) is 60.2 Å². The molecular weight excluding hydrogens is 448 g/mol. The van der Waals surface area contributed by atoms with Crippen LogP contribution < -0.4 is 5.32 Å². The van der Waals surface area contributed by atoms with Crippen molar-refractivity contribution in [2.75, 3.05) is 31.6 Å². The van der Waals surface area contributed by atoms with E-state index in [9.17, 15) is 22.8 Å². The summed E-state index contributed by atoms with van der Waals surface area (Å²) < 4.78 is 37.0. The molecular formula is C23H26N2O7S. The second-order valence-corrected chi connectivity index (χ2v) is 9.39. The van der Waals surface area contributed by atoms with E-state index in [1.54, 1.807) is 30.3 Å². The molecule has 0 saturated carbocycles. The molecule has 10 heteroatoms. The lowest BCUT2D eigenvalue weighted by molar-refractivity contribution is -0.153. The minimum atomic E-state index is -3.63. The predicted molar refractivity (Wildman–Crippen MR) is 120 cm³/mol. The van der Waals surface area contributed by atoms with Gasteiger partial charge in [0.2, 0.25) is 10.0 Å². The van der Waals surface area contributed by atoms with Crippen LogP contribution in [0, 0.1) is 0 Å². The number of rotatable bonds is 9. The zero-order chi connectivity index (χ0) is 23.8. The highest BCUT2D eigenvalue weighted by molar-refractivity contribution is 7.89. The summed E-state index contributed by atoms with van der Waals surface area (Å²) in [5, 5.41) is 2.58. The number of nitrogens with zero attached hydrogens (tertiary/aromatic N) is 1. The van der Waals surface area contributed by atoms with E-state index in [1.807, 2.05) is 0 Å². The van der Waals surface area contributed by atoms with Crippen LogP contribution in [0.2, 0.25) is 0 Å². The van der Waals surface area contributed by atoms with E-state index in [0.717, 1.165) is 0 Å². The summed E-state index contributed by atoms with van der Waals surface area (Å²) in [6.07, 6.45) is -1.24. The zero-order valence-electron chi connectivity index (χ0n) is 18.2. The van der Waals surface area contributed by atoms with Crippen molar-refractivity contribution in [2.24, 2.45) is 0 Å². The minimum absolute atomic E-state index is 0.0176. The minimum Gasteiger partial charge on any atom is -0.453 e. The smallest absolute Gasteiger partial charge is 0.307 e. The standard InChI is InChI=1S/C23H26N2O7S/c1-17(32-22(27)12-11-21(26)18-5-3-2-4-6-18)23(28)24-19-7-9-20(10-8-19)33(29,30)25-13-15-31-16-14-25/h2-10,17H,11-16H2,1H3,(H,24,28). The van der Waals surface area contributed by atoms with Gasteiger partial charge in [0.05, 0.1) is 24.5 Å². The van der Waals surface area contributed by atoms with Crippen LogP contribution >= 0.6 is 0 Å². The molecule has 1 aliphatic heterocycles. The highest BCUT2D eigenvalue weighted by Gasteiger charge is 2.26. The molecule has 1 N–H and O–H groups in total. The Balaban J connectivity index is 1.49. The normalized spacial score (nSPS) is 15.4. The van der Waals surface area contributed by atoms with Crippen LogP contribution in [-0.4, -0.2) is 62.8 Å². The molecule has 1 aliphatic rings. The number of ketones is 1. The first-order valence-corrected chi connectivity index (χ1v) is 12.0. The fraction of sp³-hybridized carbons (Fsp3) is 0.348. The molecule has 1 fully saturated rings.